The van der Waals surface area contributed by atoms with Gasteiger partial charge < -0.3 is 5.73 Å². The van der Waals surface area contributed by atoms with Gasteiger partial charge >= 0.3 is 0 Å². The van der Waals surface area contributed by atoms with Gasteiger partial charge in [-0.15, -0.1) is 0 Å². The molecule has 0 aliphatic rings. The highest BCUT2D eigenvalue weighted by atomic mass is 19.1. The van der Waals surface area contributed by atoms with Crippen molar-refractivity contribution in [1.82, 2.24) is 0 Å². The fourth-order valence-corrected chi connectivity index (χ4v) is 2.30. The molecule has 1 nitrogen and oxygen atoms in total. The molecule has 0 amide bonds. The van der Waals surface area contributed by atoms with Gasteiger partial charge in [-0.1, -0.05) is 32.0 Å². The SMILES string of the molecule is CCc1ccc(CC)c(-c2cc(N)c(C)cc2F)c1. The number of rotatable bonds is 3. The Morgan fingerprint density at radius 3 is 2.37 bits per heavy atom. The van der Waals surface area contributed by atoms with Crippen LogP contribution in [0.25, 0.3) is 11.1 Å². The summed E-state index contributed by atoms with van der Waals surface area (Å²) in [4.78, 5) is 0. The maximum absolute atomic E-state index is 14.2. The third kappa shape index (κ3) is 2.62. The lowest BCUT2D eigenvalue weighted by atomic mass is 9.93. The summed E-state index contributed by atoms with van der Waals surface area (Å²) in [5.74, 6) is -0.199. The number of nitrogen functional groups attached to an aromatic ring is 1. The molecule has 0 aliphatic heterocycles. The van der Waals surface area contributed by atoms with Gasteiger partial charge in [0.15, 0.2) is 0 Å². The van der Waals surface area contributed by atoms with Crippen molar-refractivity contribution in [3.8, 4) is 11.1 Å². The van der Waals surface area contributed by atoms with Crippen molar-refractivity contribution in [2.45, 2.75) is 33.6 Å². The largest absolute Gasteiger partial charge is 0.398 e. The van der Waals surface area contributed by atoms with E-state index in [1.165, 1.54) is 11.6 Å². The van der Waals surface area contributed by atoms with E-state index in [0.29, 0.717) is 11.3 Å². The Morgan fingerprint density at radius 1 is 1.00 bits per heavy atom. The van der Waals surface area contributed by atoms with Crippen LogP contribution in [0.15, 0.2) is 30.3 Å². The van der Waals surface area contributed by atoms with E-state index in [-0.39, 0.29) is 5.82 Å². The number of benzene rings is 2. The predicted octanol–water partition coefficient (Wildman–Crippen LogP) is 4.51. The van der Waals surface area contributed by atoms with Gasteiger partial charge in [-0.05, 0) is 54.2 Å². The lowest BCUT2D eigenvalue weighted by Crippen LogP contribution is -1.97. The Labute approximate surface area is 114 Å². The van der Waals surface area contributed by atoms with Crippen molar-refractivity contribution in [2.75, 3.05) is 5.73 Å². The summed E-state index contributed by atoms with van der Waals surface area (Å²) in [6, 6.07) is 9.54. The van der Waals surface area contributed by atoms with Crippen LogP contribution in [0.5, 0.6) is 0 Å². The molecule has 0 saturated heterocycles. The van der Waals surface area contributed by atoms with Gasteiger partial charge in [0.1, 0.15) is 5.82 Å². The molecule has 0 fully saturated rings. The standard InChI is InChI=1S/C17H20FN/c1-4-12-6-7-13(5-2)14(9-12)15-10-17(19)11(3)8-16(15)18/h6-10H,4-5,19H2,1-3H3. The van der Waals surface area contributed by atoms with Crippen LogP contribution < -0.4 is 5.73 Å². The average Bonchev–Trinajstić information content (AvgIpc) is 2.42. The van der Waals surface area contributed by atoms with Gasteiger partial charge in [0.05, 0.1) is 0 Å². The molecule has 0 radical (unpaired) electrons. The molecule has 0 atom stereocenters. The molecule has 2 aromatic rings. The second-order valence-electron chi connectivity index (χ2n) is 4.89. The summed E-state index contributed by atoms with van der Waals surface area (Å²) in [7, 11) is 0. The molecule has 0 bridgehead atoms. The first-order chi connectivity index (χ1) is 9.06. The summed E-state index contributed by atoms with van der Waals surface area (Å²) in [6.07, 6.45) is 1.83. The van der Waals surface area contributed by atoms with Gasteiger partial charge in [-0.3, -0.25) is 0 Å². The van der Waals surface area contributed by atoms with Crippen LogP contribution in [0.3, 0.4) is 0 Å². The molecule has 2 heteroatoms. The first-order valence-corrected chi connectivity index (χ1v) is 6.74. The first kappa shape index (κ1) is 13.6. The third-order valence-electron chi connectivity index (χ3n) is 3.61. The molecule has 0 spiro atoms. The number of aryl methyl sites for hydroxylation is 3. The van der Waals surface area contributed by atoms with E-state index in [4.69, 9.17) is 5.73 Å². The zero-order chi connectivity index (χ0) is 14.0. The van der Waals surface area contributed by atoms with E-state index >= 15 is 0 Å². The van der Waals surface area contributed by atoms with Gasteiger partial charge in [-0.2, -0.15) is 0 Å². The lowest BCUT2D eigenvalue weighted by Gasteiger charge is -2.13. The highest BCUT2D eigenvalue weighted by molar-refractivity contribution is 5.73. The fourth-order valence-electron chi connectivity index (χ4n) is 2.30. The summed E-state index contributed by atoms with van der Waals surface area (Å²) in [5.41, 5.74) is 11.3. The molecule has 2 N–H and O–H groups in total. The molecule has 100 valence electrons. The number of hydrogen-bond acceptors (Lipinski definition) is 1. The van der Waals surface area contributed by atoms with Crippen molar-refractivity contribution in [1.29, 1.82) is 0 Å². The molecule has 2 rings (SSSR count). The highest BCUT2D eigenvalue weighted by Gasteiger charge is 2.11. The van der Waals surface area contributed by atoms with Crippen LogP contribution in [0.4, 0.5) is 10.1 Å². The maximum Gasteiger partial charge on any atom is 0.131 e. The molecule has 0 unspecified atom stereocenters. The van der Waals surface area contributed by atoms with Crippen LogP contribution in [-0.4, -0.2) is 0 Å². The molecule has 0 saturated carbocycles. The monoisotopic (exact) mass is 257 g/mol. The third-order valence-corrected chi connectivity index (χ3v) is 3.61. The summed E-state index contributed by atoms with van der Waals surface area (Å²) in [5, 5.41) is 0. The molecule has 0 aromatic heterocycles. The average molecular weight is 257 g/mol. The first-order valence-electron chi connectivity index (χ1n) is 6.74. The Balaban J connectivity index is 2.66. The molecule has 2 aromatic carbocycles. The Bertz CT molecular complexity index is 602. The minimum atomic E-state index is -0.199. The maximum atomic E-state index is 14.2. The fraction of sp³-hybridized carbons (Fsp3) is 0.294. The van der Waals surface area contributed by atoms with Crippen LogP contribution in [0, 0.1) is 12.7 Å². The lowest BCUT2D eigenvalue weighted by molar-refractivity contribution is 0.630. The normalized spacial score (nSPS) is 10.7. The van der Waals surface area contributed by atoms with Crippen LogP contribution in [-0.2, 0) is 12.8 Å². The number of halogens is 1. The minimum absolute atomic E-state index is 0.199. The van der Waals surface area contributed by atoms with Gasteiger partial charge in [0.2, 0.25) is 0 Å². The van der Waals surface area contributed by atoms with Crippen LogP contribution >= 0.6 is 0 Å². The molecule has 0 heterocycles. The van der Waals surface area contributed by atoms with E-state index in [9.17, 15) is 4.39 Å². The zero-order valence-electron chi connectivity index (χ0n) is 11.8. The molecular formula is C17H20FN. The molecular weight excluding hydrogens is 237 g/mol. The second-order valence-corrected chi connectivity index (χ2v) is 4.89. The summed E-state index contributed by atoms with van der Waals surface area (Å²) in [6.45, 7) is 6.01. The van der Waals surface area contributed by atoms with E-state index < -0.39 is 0 Å². The molecule has 19 heavy (non-hydrogen) atoms. The number of anilines is 1. The Kier molecular flexibility index (Phi) is 3.89. The van der Waals surface area contributed by atoms with E-state index in [0.717, 1.165) is 29.5 Å². The van der Waals surface area contributed by atoms with E-state index in [1.807, 2.05) is 6.92 Å². The van der Waals surface area contributed by atoms with Crippen LogP contribution in [0.2, 0.25) is 0 Å². The van der Waals surface area contributed by atoms with Gasteiger partial charge in [-0.25, -0.2) is 4.39 Å². The summed E-state index contributed by atoms with van der Waals surface area (Å²) >= 11 is 0. The smallest absolute Gasteiger partial charge is 0.131 e. The van der Waals surface area contributed by atoms with Crippen molar-refractivity contribution < 1.29 is 4.39 Å². The topological polar surface area (TPSA) is 26.0 Å². The number of hydrogen-bond donors (Lipinski definition) is 1. The highest BCUT2D eigenvalue weighted by Crippen LogP contribution is 2.31. The predicted molar refractivity (Wildman–Crippen MR) is 79.7 cm³/mol. The molecule has 0 aliphatic carbocycles. The zero-order valence-corrected chi connectivity index (χ0v) is 11.8. The van der Waals surface area contributed by atoms with Gasteiger partial charge in [0, 0.05) is 11.3 Å². The van der Waals surface area contributed by atoms with Crippen LogP contribution in [0.1, 0.15) is 30.5 Å². The van der Waals surface area contributed by atoms with Gasteiger partial charge in [0.25, 0.3) is 0 Å². The quantitative estimate of drug-likeness (QED) is 0.804. The van der Waals surface area contributed by atoms with Crippen molar-refractivity contribution in [2.24, 2.45) is 0 Å². The minimum Gasteiger partial charge on any atom is -0.398 e. The van der Waals surface area contributed by atoms with Crippen molar-refractivity contribution >= 4 is 5.69 Å². The Hall–Kier alpha value is -1.83. The van der Waals surface area contributed by atoms with E-state index in [1.54, 1.807) is 6.07 Å². The van der Waals surface area contributed by atoms with Crippen molar-refractivity contribution in [3.63, 3.8) is 0 Å². The van der Waals surface area contributed by atoms with Crippen molar-refractivity contribution in [3.05, 3.63) is 52.8 Å². The number of nitrogens with two attached hydrogens (primary N) is 1. The Morgan fingerprint density at radius 2 is 1.74 bits per heavy atom. The second kappa shape index (κ2) is 5.43. The summed E-state index contributed by atoms with van der Waals surface area (Å²) < 4.78 is 14.2. The van der Waals surface area contributed by atoms with E-state index in [2.05, 4.69) is 32.0 Å².